The molecule has 2 aliphatic heterocycles. The van der Waals surface area contributed by atoms with Crippen LogP contribution < -0.4 is 9.47 Å². The molecule has 0 unspecified atom stereocenters. The van der Waals surface area contributed by atoms with Crippen molar-refractivity contribution < 1.29 is 23.9 Å². The number of piperidine rings is 1. The Morgan fingerprint density at radius 3 is 2.50 bits per heavy atom. The lowest BCUT2D eigenvalue weighted by atomic mass is 10.1. The van der Waals surface area contributed by atoms with E-state index < -0.39 is 11.1 Å². The summed E-state index contributed by atoms with van der Waals surface area (Å²) in [6, 6.07) is 15.2. The van der Waals surface area contributed by atoms with E-state index in [4.69, 9.17) is 9.47 Å². The summed E-state index contributed by atoms with van der Waals surface area (Å²) >= 11 is 0.852. The molecule has 0 bridgehead atoms. The zero-order valence-corrected chi connectivity index (χ0v) is 20.0. The summed E-state index contributed by atoms with van der Waals surface area (Å²) in [5, 5.41) is -0.422. The number of likely N-dealkylation sites (tertiary alicyclic amines) is 1. The molecule has 2 fully saturated rings. The normalized spacial score (nSPS) is 17.4. The first kappa shape index (κ1) is 23.9. The van der Waals surface area contributed by atoms with Crippen LogP contribution in [0, 0.1) is 0 Å². The Balaban J connectivity index is 1.45. The number of hydrogen-bond acceptors (Lipinski definition) is 6. The van der Waals surface area contributed by atoms with Crippen molar-refractivity contribution in [3.05, 3.63) is 64.6 Å². The van der Waals surface area contributed by atoms with Gasteiger partial charge in [0.25, 0.3) is 11.1 Å². The molecule has 2 aromatic rings. The third-order valence-electron chi connectivity index (χ3n) is 5.68. The van der Waals surface area contributed by atoms with Gasteiger partial charge in [0.15, 0.2) is 11.5 Å². The topological polar surface area (TPSA) is 76.2 Å². The molecule has 2 saturated heterocycles. The summed E-state index contributed by atoms with van der Waals surface area (Å²) in [4.78, 5) is 40.9. The highest BCUT2D eigenvalue weighted by Gasteiger charge is 2.37. The number of carbonyl (C=O) groups excluding carboxylic acids is 3. The molecule has 0 spiro atoms. The second-order valence-electron chi connectivity index (χ2n) is 8.12. The van der Waals surface area contributed by atoms with E-state index in [1.54, 1.807) is 23.1 Å². The first-order valence-electron chi connectivity index (χ1n) is 11.5. The molecule has 0 saturated carbocycles. The average Bonchev–Trinajstić information content (AvgIpc) is 3.12. The van der Waals surface area contributed by atoms with Crippen molar-refractivity contribution in [3.8, 4) is 11.5 Å². The minimum absolute atomic E-state index is 0.179. The van der Waals surface area contributed by atoms with Crippen molar-refractivity contribution in [3.63, 3.8) is 0 Å². The van der Waals surface area contributed by atoms with Crippen molar-refractivity contribution in [2.24, 2.45) is 0 Å². The van der Waals surface area contributed by atoms with Crippen molar-refractivity contribution in [1.29, 1.82) is 0 Å². The predicted octanol–water partition coefficient (Wildman–Crippen LogP) is 4.71. The van der Waals surface area contributed by atoms with Crippen LogP contribution in [-0.2, 0) is 16.2 Å². The Labute approximate surface area is 203 Å². The van der Waals surface area contributed by atoms with Crippen LogP contribution in [0.2, 0.25) is 0 Å². The van der Waals surface area contributed by atoms with Gasteiger partial charge >= 0.3 is 0 Å². The van der Waals surface area contributed by atoms with Gasteiger partial charge < -0.3 is 14.4 Å². The quantitative estimate of drug-likeness (QED) is 0.509. The Bertz CT molecular complexity index is 1080. The number of ether oxygens (including phenoxy) is 2. The molecule has 0 radical (unpaired) electrons. The van der Waals surface area contributed by atoms with Crippen LogP contribution in [0.25, 0.3) is 6.08 Å². The molecular weight excluding hydrogens is 452 g/mol. The highest BCUT2D eigenvalue weighted by atomic mass is 32.2. The Kier molecular flexibility index (Phi) is 7.90. The average molecular weight is 481 g/mol. The molecule has 3 amide bonds. The zero-order valence-electron chi connectivity index (χ0n) is 19.2. The smallest absolute Gasteiger partial charge is 0.294 e. The molecule has 178 valence electrons. The van der Waals surface area contributed by atoms with E-state index in [0.29, 0.717) is 43.4 Å². The molecule has 0 aliphatic carbocycles. The van der Waals surface area contributed by atoms with Crippen LogP contribution >= 0.6 is 11.8 Å². The Morgan fingerprint density at radius 2 is 1.76 bits per heavy atom. The summed E-state index contributed by atoms with van der Waals surface area (Å²) in [7, 11) is 0. The lowest BCUT2D eigenvalue weighted by molar-refractivity contribution is -0.136. The van der Waals surface area contributed by atoms with Gasteiger partial charge in [-0.15, -0.1) is 0 Å². The minimum Gasteiger partial charge on any atom is -0.490 e. The second-order valence-corrected chi connectivity index (χ2v) is 9.12. The lowest BCUT2D eigenvalue weighted by Crippen LogP contribution is -2.44. The van der Waals surface area contributed by atoms with Crippen LogP contribution in [-0.4, -0.2) is 53.1 Å². The standard InChI is InChI=1S/C26H28N2O5S/c1-2-32-22-15-20(11-12-21(22)33-18-19-9-5-3-6-10-19)16-23-25(30)28(26(31)34-23)17-24(29)27-13-7-4-8-14-27/h3,5-6,9-12,15-16H,2,4,7-8,13-14,17-18H2,1H3/b23-16-. The minimum atomic E-state index is -0.442. The van der Waals surface area contributed by atoms with Crippen LogP contribution in [0.4, 0.5) is 4.79 Å². The van der Waals surface area contributed by atoms with Crippen molar-refractivity contribution in [2.45, 2.75) is 32.8 Å². The molecule has 0 atom stereocenters. The number of imide groups is 1. The number of hydrogen-bond donors (Lipinski definition) is 0. The van der Waals surface area contributed by atoms with Gasteiger partial charge in [-0.2, -0.15) is 0 Å². The molecule has 0 aromatic heterocycles. The molecule has 0 N–H and O–H groups in total. The van der Waals surface area contributed by atoms with E-state index in [2.05, 4.69) is 0 Å². The van der Waals surface area contributed by atoms with Gasteiger partial charge in [0, 0.05) is 13.1 Å². The van der Waals surface area contributed by atoms with Gasteiger partial charge in [-0.3, -0.25) is 19.3 Å². The van der Waals surface area contributed by atoms with Gasteiger partial charge in [-0.25, -0.2) is 0 Å². The van der Waals surface area contributed by atoms with Crippen molar-refractivity contribution in [1.82, 2.24) is 9.80 Å². The summed E-state index contributed by atoms with van der Waals surface area (Å²) < 4.78 is 11.7. The van der Waals surface area contributed by atoms with Crippen LogP contribution in [0.5, 0.6) is 11.5 Å². The summed E-state index contributed by atoms with van der Waals surface area (Å²) in [5.74, 6) is 0.541. The number of rotatable bonds is 8. The Hall–Kier alpha value is -3.26. The lowest BCUT2D eigenvalue weighted by Gasteiger charge is -2.27. The third kappa shape index (κ3) is 5.80. The number of benzene rings is 2. The van der Waals surface area contributed by atoms with E-state index in [-0.39, 0.29) is 17.4 Å². The zero-order chi connectivity index (χ0) is 23.9. The SMILES string of the molecule is CCOc1cc(/C=C2\SC(=O)N(CC(=O)N3CCCCC3)C2=O)ccc1OCc1ccccc1. The second kappa shape index (κ2) is 11.2. The summed E-state index contributed by atoms with van der Waals surface area (Å²) in [6.07, 6.45) is 4.68. The Morgan fingerprint density at radius 1 is 1.00 bits per heavy atom. The van der Waals surface area contributed by atoms with Crippen LogP contribution in [0.15, 0.2) is 53.4 Å². The van der Waals surface area contributed by atoms with E-state index in [9.17, 15) is 14.4 Å². The third-order valence-corrected chi connectivity index (χ3v) is 6.59. The monoisotopic (exact) mass is 480 g/mol. The molecule has 4 rings (SSSR count). The first-order valence-corrected chi connectivity index (χ1v) is 12.3. The van der Waals surface area contributed by atoms with Crippen LogP contribution in [0.1, 0.15) is 37.3 Å². The van der Waals surface area contributed by atoms with Crippen molar-refractivity contribution in [2.75, 3.05) is 26.2 Å². The van der Waals surface area contributed by atoms with E-state index in [0.717, 1.165) is 41.5 Å². The predicted molar refractivity (Wildman–Crippen MR) is 131 cm³/mol. The fourth-order valence-electron chi connectivity index (χ4n) is 3.90. The van der Waals surface area contributed by atoms with Gasteiger partial charge in [0.05, 0.1) is 11.5 Å². The van der Waals surface area contributed by atoms with Gasteiger partial charge in [0.1, 0.15) is 13.2 Å². The molecule has 2 aliphatic rings. The van der Waals surface area contributed by atoms with E-state index in [1.165, 1.54) is 0 Å². The fraction of sp³-hybridized carbons (Fsp3) is 0.346. The van der Waals surface area contributed by atoms with E-state index >= 15 is 0 Å². The maximum atomic E-state index is 12.9. The number of thioether (sulfide) groups is 1. The highest BCUT2D eigenvalue weighted by Crippen LogP contribution is 2.35. The van der Waals surface area contributed by atoms with Crippen molar-refractivity contribution >= 4 is 34.9 Å². The molecule has 2 heterocycles. The largest absolute Gasteiger partial charge is 0.490 e. The number of amides is 3. The maximum absolute atomic E-state index is 12.9. The number of nitrogens with zero attached hydrogens (tertiary/aromatic N) is 2. The maximum Gasteiger partial charge on any atom is 0.294 e. The first-order chi connectivity index (χ1) is 16.5. The molecule has 7 nitrogen and oxygen atoms in total. The highest BCUT2D eigenvalue weighted by molar-refractivity contribution is 8.18. The summed E-state index contributed by atoms with van der Waals surface area (Å²) in [6.45, 7) is 3.91. The fourth-order valence-corrected chi connectivity index (χ4v) is 4.74. The van der Waals surface area contributed by atoms with Gasteiger partial charge in [-0.1, -0.05) is 36.4 Å². The van der Waals surface area contributed by atoms with Gasteiger partial charge in [-0.05, 0) is 67.3 Å². The molecule has 2 aromatic carbocycles. The molecule has 34 heavy (non-hydrogen) atoms. The molecular formula is C26H28N2O5S. The number of carbonyl (C=O) groups is 3. The van der Waals surface area contributed by atoms with E-state index in [1.807, 2.05) is 43.3 Å². The summed E-state index contributed by atoms with van der Waals surface area (Å²) in [5.41, 5.74) is 1.75. The van der Waals surface area contributed by atoms with Crippen LogP contribution in [0.3, 0.4) is 0 Å². The molecule has 8 heteroatoms. The van der Waals surface area contributed by atoms with Gasteiger partial charge in [0.2, 0.25) is 5.91 Å².